The van der Waals surface area contributed by atoms with E-state index in [1.165, 1.54) is 0 Å². The molecule has 3 rings (SSSR count). The van der Waals surface area contributed by atoms with Crippen molar-refractivity contribution in [2.75, 3.05) is 0 Å². The van der Waals surface area contributed by atoms with Crippen molar-refractivity contribution in [2.24, 2.45) is 0 Å². The SMILES string of the molecule is CC(C)(C)OC(=O)N1C2CCC1CC(NC1CC=CC1)C2. The number of hydrogen-bond donors (Lipinski definition) is 1. The van der Waals surface area contributed by atoms with E-state index in [0.29, 0.717) is 24.2 Å². The molecule has 2 saturated heterocycles. The predicted molar refractivity (Wildman–Crippen MR) is 83.2 cm³/mol. The molecule has 2 atom stereocenters. The van der Waals surface area contributed by atoms with Gasteiger partial charge in [0.15, 0.2) is 0 Å². The van der Waals surface area contributed by atoms with Crippen molar-refractivity contribution in [2.45, 2.75) is 89.1 Å². The summed E-state index contributed by atoms with van der Waals surface area (Å²) in [4.78, 5) is 14.4. The molecule has 2 aliphatic heterocycles. The molecule has 1 aliphatic carbocycles. The fourth-order valence-electron chi connectivity index (χ4n) is 4.01. The maximum absolute atomic E-state index is 12.4. The highest BCUT2D eigenvalue weighted by atomic mass is 16.6. The van der Waals surface area contributed by atoms with Crippen LogP contribution >= 0.6 is 0 Å². The lowest BCUT2D eigenvalue weighted by Gasteiger charge is -2.40. The zero-order valence-corrected chi connectivity index (χ0v) is 13.5. The van der Waals surface area contributed by atoms with Crippen molar-refractivity contribution in [1.29, 1.82) is 0 Å². The van der Waals surface area contributed by atoms with Crippen LogP contribution in [0.4, 0.5) is 4.79 Å². The van der Waals surface area contributed by atoms with Crippen molar-refractivity contribution in [3.05, 3.63) is 12.2 Å². The molecular weight excluding hydrogens is 264 g/mol. The van der Waals surface area contributed by atoms with Crippen LogP contribution in [0.15, 0.2) is 12.2 Å². The molecule has 0 radical (unpaired) electrons. The zero-order chi connectivity index (χ0) is 15.0. The molecule has 21 heavy (non-hydrogen) atoms. The highest BCUT2D eigenvalue weighted by molar-refractivity contribution is 5.69. The lowest BCUT2D eigenvalue weighted by molar-refractivity contribution is 0.00434. The summed E-state index contributed by atoms with van der Waals surface area (Å²) in [6.45, 7) is 5.82. The highest BCUT2D eigenvalue weighted by Gasteiger charge is 2.45. The molecule has 4 heteroatoms. The predicted octanol–water partition coefficient (Wildman–Crippen LogP) is 3.23. The summed E-state index contributed by atoms with van der Waals surface area (Å²) >= 11 is 0. The van der Waals surface area contributed by atoms with E-state index in [1.54, 1.807) is 0 Å². The topological polar surface area (TPSA) is 41.6 Å². The monoisotopic (exact) mass is 292 g/mol. The van der Waals surface area contributed by atoms with E-state index in [4.69, 9.17) is 4.74 Å². The number of hydrogen-bond acceptors (Lipinski definition) is 3. The molecule has 0 aromatic heterocycles. The Bertz CT molecular complexity index is 405. The number of ether oxygens (including phenoxy) is 1. The van der Waals surface area contributed by atoms with Crippen LogP contribution in [0.3, 0.4) is 0 Å². The van der Waals surface area contributed by atoms with Crippen molar-refractivity contribution in [3.8, 4) is 0 Å². The first-order valence-corrected chi connectivity index (χ1v) is 8.35. The van der Waals surface area contributed by atoms with Crippen LogP contribution in [0.25, 0.3) is 0 Å². The number of amides is 1. The number of fused-ring (bicyclic) bond motifs is 2. The second-order valence-electron chi connectivity index (χ2n) is 7.75. The fourth-order valence-corrected chi connectivity index (χ4v) is 4.01. The molecule has 2 heterocycles. The Morgan fingerprint density at radius 3 is 2.19 bits per heavy atom. The molecule has 2 bridgehead atoms. The first-order chi connectivity index (χ1) is 9.92. The van der Waals surface area contributed by atoms with Gasteiger partial charge in [0.25, 0.3) is 0 Å². The van der Waals surface area contributed by atoms with E-state index >= 15 is 0 Å². The van der Waals surface area contributed by atoms with Crippen LogP contribution in [0.2, 0.25) is 0 Å². The molecule has 2 fully saturated rings. The third kappa shape index (κ3) is 3.42. The third-order valence-corrected chi connectivity index (χ3v) is 4.82. The molecule has 0 saturated carbocycles. The van der Waals surface area contributed by atoms with E-state index in [1.807, 2.05) is 25.7 Å². The van der Waals surface area contributed by atoms with E-state index in [-0.39, 0.29) is 6.09 Å². The van der Waals surface area contributed by atoms with Gasteiger partial charge in [-0.2, -0.15) is 0 Å². The molecule has 118 valence electrons. The molecule has 0 spiro atoms. The van der Waals surface area contributed by atoms with E-state index in [2.05, 4.69) is 17.5 Å². The van der Waals surface area contributed by atoms with Gasteiger partial charge in [0.2, 0.25) is 0 Å². The second-order valence-corrected chi connectivity index (χ2v) is 7.75. The Balaban J connectivity index is 1.57. The number of carbonyl (C=O) groups excluding carboxylic acids is 1. The summed E-state index contributed by atoms with van der Waals surface area (Å²) in [5.41, 5.74) is -0.402. The molecule has 4 nitrogen and oxygen atoms in total. The van der Waals surface area contributed by atoms with Gasteiger partial charge in [0, 0.05) is 24.2 Å². The Hall–Kier alpha value is -1.03. The van der Waals surface area contributed by atoms with Gasteiger partial charge >= 0.3 is 6.09 Å². The minimum atomic E-state index is -0.402. The second kappa shape index (κ2) is 5.64. The average molecular weight is 292 g/mol. The highest BCUT2D eigenvalue weighted by Crippen LogP contribution is 2.37. The summed E-state index contributed by atoms with van der Waals surface area (Å²) < 4.78 is 5.58. The fraction of sp³-hybridized carbons (Fsp3) is 0.824. The summed E-state index contributed by atoms with van der Waals surface area (Å²) in [5, 5.41) is 3.79. The maximum Gasteiger partial charge on any atom is 0.410 e. The minimum absolute atomic E-state index is 0.115. The number of nitrogens with one attached hydrogen (secondary N) is 1. The van der Waals surface area contributed by atoms with Gasteiger partial charge in [-0.25, -0.2) is 4.79 Å². The summed E-state index contributed by atoms with van der Waals surface area (Å²) in [6.07, 6.45) is 11.1. The summed E-state index contributed by atoms with van der Waals surface area (Å²) in [7, 11) is 0. The Kier molecular flexibility index (Phi) is 4.00. The van der Waals surface area contributed by atoms with Gasteiger partial charge < -0.3 is 15.0 Å². The smallest absolute Gasteiger partial charge is 0.410 e. The summed E-state index contributed by atoms with van der Waals surface area (Å²) in [5.74, 6) is 0. The Morgan fingerprint density at radius 2 is 1.67 bits per heavy atom. The molecule has 2 unspecified atom stereocenters. The van der Waals surface area contributed by atoms with Gasteiger partial charge in [-0.1, -0.05) is 12.2 Å². The van der Waals surface area contributed by atoms with Crippen LogP contribution in [0, 0.1) is 0 Å². The molecule has 0 aromatic rings. The van der Waals surface area contributed by atoms with Crippen LogP contribution in [0.1, 0.15) is 59.3 Å². The molecule has 1 amide bonds. The van der Waals surface area contributed by atoms with Crippen molar-refractivity contribution in [1.82, 2.24) is 10.2 Å². The van der Waals surface area contributed by atoms with E-state index in [0.717, 1.165) is 38.5 Å². The first kappa shape index (κ1) is 14.9. The quantitative estimate of drug-likeness (QED) is 0.795. The lowest BCUT2D eigenvalue weighted by Crippen LogP contribution is -2.53. The van der Waals surface area contributed by atoms with Gasteiger partial charge in [-0.3, -0.25) is 0 Å². The number of nitrogens with zero attached hydrogens (tertiary/aromatic N) is 1. The van der Waals surface area contributed by atoms with Gasteiger partial charge in [-0.05, 0) is 59.3 Å². The molecule has 3 aliphatic rings. The van der Waals surface area contributed by atoms with E-state index in [9.17, 15) is 4.79 Å². The Morgan fingerprint density at radius 1 is 1.10 bits per heavy atom. The van der Waals surface area contributed by atoms with Crippen molar-refractivity contribution in [3.63, 3.8) is 0 Å². The average Bonchev–Trinajstić information content (AvgIpc) is 2.94. The van der Waals surface area contributed by atoms with Gasteiger partial charge in [0.05, 0.1) is 0 Å². The maximum atomic E-state index is 12.4. The lowest BCUT2D eigenvalue weighted by atomic mass is 9.96. The van der Waals surface area contributed by atoms with Gasteiger partial charge in [0.1, 0.15) is 5.60 Å². The largest absolute Gasteiger partial charge is 0.444 e. The number of carbonyl (C=O) groups is 1. The number of piperidine rings is 1. The molecule has 0 aromatic carbocycles. The first-order valence-electron chi connectivity index (χ1n) is 8.35. The van der Waals surface area contributed by atoms with Crippen LogP contribution in [-0.2, 0) is 4.74 Å². The molecular formula is C17H28N2O2. The van der Waals surface area contributed by atoms with E-state index < -0.39 is 5.60 Å². The Labute approximate surface area is 127 Å². The number of rotatable bonds is 2. The van der Waals surface area contributed by atoms with Crippen molar-refractivity contribution < 1.29 is 9.53 Å². The third-order valence-electron chi connectivity index (χ3n) is 4.82. The van der Waals surface area contributed by atoms with Crippen LogP contribution in [0.5, 0.6) is 0 Å². The minimum Gasteiger partial charge on any atom is -0.444 e. The van der Waals surface area contributed by atoms with Gasteiger partial charge in [-0.15, -0.1) is 0 Å². The van der Waals surface area contributed by atoms with Crippen molar-refractivity contribution >= 4 is 6.09 Å². The normalized spacial score (nSPS) is 32.7. The zero-order valence-electron chi connectivity index (χ0n) is 13.5. The van der Waals surface area contributed by atoms with Crippen LogP contribution in [-0.4, -0.2) is 40.8 Å². The standard InChI is InChI=1S/C17H28N2O2/c1-17(2,3)21-16(20)19-14-8-9-15(19)11-13(10-14)18-12-6-4-5-7-12/h4-5,12-15,18H,6-11H2,1-3H3. The van der Waals surface area contributed by atoms with Crippen LogP contribution < -0.4 is 5.32 Å². The molecule has 1 N–H and O–H groups in total. The summed E-state index contributed by atoms with van der Waals surface area (Å²) in [6, 6.07) is 1.91.